The normalized spacial score (nSPS) is 17.5. The Kier molecular flexibility index (Phi) is 11.8. The van der Waals surface area contributed by atoms with Crippen LogP contribution in [0.2, 0.25) is 10.0 Å². The zero-order chi connectivity index (χ0) is 36.1. The topological polar surface area (TPSA) is 136 Å². The highest BCUT2D eigenvalue weighted by atomic mass is 35.5. The lowest BCUT2D eigenvalue weighted by Gasteiger charge is -2.32. The smallest absolute Gasteiger partial charge is 0.302 e. The molecule has 0 saturated carbocycles. The standard InChI is InChI=1S/C36H42Cl2N6O6S/c1-24-20-31(43-18-13-39-23-43)27-6-3-8-32(35(27)41-24)50-22-28-29(37)9-10-33(34(28)38)51(47,48)44-15-4-7-30(44)36(46)40-21-26-11-16-42(17-12-26)14-5-19-49-25(2)45/h3,6,8-10,13,18,20,23,26,30H,4-5,7,11-12,14-17,19,21-22H2,1-2H3,(H,40,46). The molecule has 2 saturated heterocycles. The van der Waals surface area contributed by atoms with Crippen LogP contribution >= 0.6 is 23.2 Å². The van der Waals surface area contributed by atoms with Gasteiger partial charge in [0.25, 0.3) is 0 Å². The summed E-state index contributed by atoms with van der Waals surface area (Å²) in [4.78, 5) is 35.5. The first-order chi connectivity index (χ1) is 24.5. The first-order valence-corrected chi connectivity index (χ1v) is 19.4. The van der Waals surface area contributed by atoms with E-state index in [2.05, 4.69) is 15.2 Å². The van der Waals surface area contributed by atoms with E-state index in [9.17, 15) is 18.0 Å². The second-order valence-electron chi connectivity index (χ2n) is 13.0. The van der Waals surface area contributed by atoms with Gasteiger partial charge in [0.2, 0.25) is 15.9 Å². The minimum absolute atomic E-state index is 0.0448. The number of carbonyl (C=O) groups is 2. The van der Waals surface area contributed by atoms with Crippen LogP contribution < -0.4 is 10.1 Å². The third-order valence-electron chi connectivity index (χ3n) is 9.50. The molecule has 2 aromatic heterocycles. The number of pyridine rings is 1. The number of nitrogens with zero attached hydrogens (tertiary/aromatic N) is 5. The van der Waals surface area contributed by atoms with Crippen molar-refractivity contribution in [1.82, 2.24) is 29.1 Å². The van der Waals surface area contributed by atoms with Crippen molar-refractivity contribution in [3.05, 3.63) is 76.4 Å². The van der Waals surface area contributed by atoms with Crippen LogP contribution in [0.1, 0.15) is 50.3 Å². The number of para-hydroxylation sites is 1. The fraction of sp³-hybridized carbons (Fsp3) is 0.444. The number of aryl methyl sites for hydroxylation is 1. The zero-order valence-electron chi connectivity index (χ0n) is 28.7. The van der Waals surface area contributed by atoms with Gasteiger partial charge >= 0.3 is 5.97 Å². The molecular formula is C36H42Cl2N6O6S. The molecule has 0 spiro atoms. The number of likely N-dealkylation sites (tertiary alicyclic amines) is 1. The van der Waals surface area contributed by atoms with Gasteiger partial charge in [-0.1, -0.05) is 35.3 Å². The Bertz CT molecular complexity index is 1990. The number of esters is 1. The summed E-state index contributed by atoms with van der Waals surface area (Å²) in [6, 6.07) is 9.60. The van der Waals surface area contributed by atoms with E-state index in [1.165, 1.54) is 23.4 Å². The van der Waals surface area contributed by atoms with Crippen molar-refractivity contribution < 1.29 is 27.5 Å². The molecule has 4 heterocycles. The highest BCUT2D eigenvalue weighted by Gasteiger charge is 2.41. The fourth-order valence-corrected chi connectivity index (χ4v) is 9.34. The second kappa shape index (κ2) is 16.3. The van der Waals surface area contributed by atoms with Crippen molar-refractivity contribution in [2.24, 2.45) is 5.92 Å². The molecule has 0 radical (unpaired) electrons. The number of benzene rings is 2. The van der Waals surface area contributed by atoms with Gasteiger partial charge in [0, 0.05) is 60.6 Å². The molecule has 1 N–H and O–H groups in total. The number of piperidine rings is 1. The van der Waals surface area contributed by atoms with Crippen molar-refractivity contribution in [1.29, 1.82) is 0 Å². The zero-order valence-corrected chi connectivity index (χ0v) is 31.0. The Hall–Kier alpha value is -3.75. The number of ether oxygens (including phenoxy) is 2. The van der Waals surface area contributed by atoms with E-state index in [1.807, 2.05) is 35.9 Å². The van der Waals surface area contributed by atoms with E-state index in [4.69, 9.17) is 37.7 Å². The van der Waals surface area contributed by atoms with Gasteiger partial charge in [-0.2, -0.15) is 4.31 Å². The van der Waals surface area contributed by atoms with Gasteiger partial charge < -0.3 is 24.3 Å². The summed E-state index contributed by atoms with van der Waals surface area (Å²) in [5.41, 5.74) is 2.62. The van der Waals surface area contributed by atoms with Crippen LogP contribution in [-0.4, -0.2) is 89.4 Å². The summed E-state index contributed by atoms with van der Waals surface area (Å²) >= 11 is 13.4. The first-order valence-electron chi connectivity index (χ1n) is 17.2. The Balaban J connectivity index is 1.11. The molecule has 1 amide bonds. The average Bonchev–Trinajstić information content (AvgIpc) is 3.83. The number of nitrogens with one attached hydrogen (secondary N) is 1. The van der Waals surface area contributed by atoms with Gasteiger partial charge in [-0.3, -0.25) is 9.59 Å². The van der Waals surface area contributed by atoms with Crippen LogP contribution in [0.15, 0.2) is 60.0 Å². The summed E-state index contributed by atoms with van der Waals surface area (Å²) in [6.45, 7) is 6.96. The molecule has 0 bridgehead atoms. The molecule has 15 heteroatoms. The van der Waals surface area contributed by atoms with Crippen molar-refractivity contribution >= 4 is 56.0 Å². The number of amides is 1. The predicted octanol–water partition coefficient (Wildman–Crippen LogP) is 5.55. The average molecular weight is 758 g/mol. The van der Waals surface area contributed by atoms with Crippen LogP contribution in [0.4, 0.5) is 0 Å². The maximum Gasteiger partial charge on any atom is 0.302 e. The lowest BCUT2D eigenvalue weighted by Crippen LogP contribution is -2.47. The molecule has 2 aromatic carbocycles. The summed E-state index contributed by atoms with van der Waals surface area (Å²) in [5, 5.41) is 4.09. The monoisotopic (exact) mass is 756 g/mol. The Morgan fingerprint density at radius 2 is 1.88 bits per heavy atom. The summed E-state index contributed by atoms with van der Waals surface area (Å²) in [7, 11) is -4.16. The van der Waals surface area contributed by atoms with E-state index in [1.54, 1.807) is 18.6 Å². The number of fused-ring (bicyclic) bond motifs is 1. The third-order valence-corrected chi connectivity index (χ3v) is 12.4. The third kappa shape index (κ3) is 8.49. The molecule has 0 aliphatic carbocycles. The molecule has 2 aliphatic rings. The molecule has 272 valence electrons. The molecule has 4 aromatic rings. The summed E-state index contributed by atoms with van der Waals surface area (Å²) < 4.78 is 42.6. The Morgan fingerprint density at radius 1 is 1.08 bits per heavy atom. The summed E-state index contributed by atoms with van der Waals surface area (Å²) in [6.07, 6.45) is 8.87. The van der Waals surface area contributed by atoms with E-state index in [0.717, 1.165) is 55.7 Å². The van der Waals surface area contributed by atoms with Crippen LogP contribution in [-0.2, 0) is 31.0 Å². The number of imidazole rings is 1. The lowest BCUT2D eigenvalue weighted by molar-refractivity contribution is -0.141. The van der Waals surface area contributed by atoms with Gasteiger partial charge in [-0.05, 0) is 82.3 Å². The molecule has 2 aliphatic heterocycles. The highest BCUT2D eigenvalue weighted by Crippen LogP contribution is 2.37. The highest BCUT2D eigenvalue weighted by molar-refractivity contribution is 7.89. The first kappa shape index (κ1) is 37.0. The number of carbonyl (C=O) groups excluding carboxylic acids is 2. The predicted molar refractivity (Wildman–Crippen MR) is 195 cm³/mol. The van der Waals surface area contributed by atoms with Crippen molar-refractivity contribution in [3.63, 3.8) is 0 Å². The summed E-state index contributed by atoms with van der Waals surface area (Å²) in [5.74, 6) is 0.217. The van der Waals surface area contributed by atoms with Crippen molar-refractivity contribution in [2.75, 3.05) is 39.3 Å². The van der Waals surface area contributed by atoms with Gasteiger partial charge in [0.05, 0.1) is 23.6 Å². The molecule has 6 rings (SSSR count). The second-order valence-corrected chi connectivity index (χ2v) is 15.7. The van der Waals surface area contributed by atoms with Crippen molar-refractivity contribution in [2.45, 2.75) is 63.5 Å². The Morgan fingerprint density at radius 3 is 2.63 bits per heavy atom. The van der Waals surface area contributed by atoms with Gasteiger partial charge in [0.15, 0.2) is 0 Å². The molecule has 1 atom stereocenters. The fourth-order valence-electron chi connectivity index (χ4n) is 6.82. The number of sulfonamides is 1. The minimum atomic E-state index is -4.16. The van der Waals surface area contributed by atoms with Crippen LogP contribution in [0.5, 0.6) is 5.75 Å². The largest absolute Gasteiger partial charge is 0.487 e. The van der Waals surface area contributed by atoms with Gasteiger partial charge in [-0.15, -0.1) is 0 Å². The minimum Gasteiger partial charge on any atom is -0.487 e. The lowest BCUT2D eigenvalue weighted by atomic mass is 9.96. The number of aromatic nitrogens is 3. The number of rotatable bonds is 13. The number of hydrogen-bond donors (Lipinski definition) is 1. The van der Waals surface area contributed by atoms with Crippen molar-refractivity contribution in [3.8, 4) is 11.4 Å². The molecule has 2 fully saturated rings. The maximum atomic E-state index is 14.1. The molecule has 12 nitrogen and oxygen atoms in total. The van der Waals surface area contributed by atoms with Gasteiger partial charge in [0.1, 0.15) is 28.8 Å². The quantitative estimate of drug-likeness (QED) is 0.138. The maximum absolute atomic E-state index is 14.1. The number of hydrogen-bond acceptors (Lipinski definition) is 9. The van der Waals surface area contributed by atoms with Crippen LogP contribution in [0, 0.1) is 12.8 Å². The van der Waals surface area contributed by atoms with E-state index >= 15 is 0 Å². The SMILES string of the molecule is CC(=O)OCCCN1CCC(CNC(=O)C2CCCN2S(=O)(=O)c2ccc(Cl)c(COc3cccc4c(-n5ccnc5)cc(C)nc34)c2Cl)CC1. The van der Waals surface area contributed by atoms with E-state index < -0.39 is 16.1 Å². The van der Waals surface area contributed by atoms with E-state index in [0.29, 0.717) is 48.7 Å². The molecule has 1 unspecified atom stereocenters. The van der Waals surface area contributed by atoms with E-state index in [-0.39, 0.29) is 40.0 Å². The van der Waals surface area contributed by atoms with Crippen LogP contribution in [0.3, 0.4) is 0 Å². The number of halogens is 2. The molecular weight excluding hydrogens is 715 g/mol. The molecule has 51 heavy (non-hydrogen) atoms. The van der Waals surface area contributed by atoms with Crippen LogP contribution in [0.25, 0.3) is 16.6 Å². The Labute approximate surface area is 308 Å². The van der Waals surface area contributed by atoms with Gasteiger partial charge in [-0.25, -0.2) is 18.4 Å².